The molecular formula is C21H28BN4O2S+. The van der Waals surface area contributed by atoms with Gasteiger partial charge in [0.1, 0.15) is 12.3 Å². The first-order valence-electron chi connectivity index (χ1n) is 9.76. The molecule has 1 spiro atoms. The van der Waals surface area contributed by atoms with E-state index >= 15 is 0 Å². The molecule has 1 atom stereocenters. The molecule has 6 nitrogen and oxygen atoms in total. The average molecular weight is 411 g/mol. The number of rotatable bonds is 3. The maximum atomic E-state index is 6.52. The third kappa shape index (κ3) is 3.53. The summed E-state index contributed by atoms with van der Waals surface area (Å²) in [6.07, 6.45) is 2.24. The van der Waals surface area contributed by atoms with E-state index in [1.165, 1.54) is 0 Å². The molecule has 2 radical (unpaired) electrons. The number of nitrogens with one attached hydrogen (secondary N) is 1. The Morgan fingerprint density at radius 3 is 2.66 bits per heavy atom. The topological polar surface area (TPSA) is 55.7 Å². The molecule has 8 heteroatoms. The number of quaternary nitrogens is 1. The van der Waals surface area contributed by atoms with Crippen LogP contribution in [0.4, 0.5) is 5.13 Å². The van der Waals surface area contributed by atoms with Crippen LogP contribution in [0.15, 0.2) is 29.3 Å². The van der Waals surface area contributed by atoms with Crippen LogP contribution >= 0.6 is 11.3 Å². The van der Waals surface area contributed by atoms with Crippen LogP contribution in [0.2, 0.25) is 0 Å². The van der Waals surface area contributed by atoms with Crippen molar-refractivity contribution in [3.8, 4) is 17.0 Å². The monoisotopic (exact) mass is 411 g/mol. The van der Waals surface area contributed by atoms with Gasteiger partial charge in [-0.2, -0.15) is 0 Å². The molecule has 6 rings (SSSR count). The summed E-state index contributed by atoms with van der Waals surface area (Å²) < 4.78 is 12.2. The molecule has 0 amide bonds. The predicted octanol–water partition coefficient (Wildman–Crippen LogP) is 3.62. The van der Waals surface area contributed by atoms with Crippen LogP contribution in [-0.4, -0.2) is 62.3 Å². The highest BCUT2D eigenvalue weighted by Crippen LogP contribution is 2.43. The van der Waals surface area contributed by atoms with Crippen molar-refractivity contribution in [1.29, 1.82) is 0 Å². The number of thiazole rings is 1. The molecule has 4 aliphatic rings. The number of methoxy groups -OCH3 is 1. The lowest BCUT2D eigenvalue weighted by Crippen LogP contribution is -2.69. The van der Waals surface area contributed by atoms with Gasteiger partial charge in [0.25, 0.3) is 6.02 Å². The number of hydrogen-bond acceptors (Lipinski definition) is 6. The Morgan fingerprint density at radius 1 is 1.28 bits per heavy atom. The van der Waals surface area contributed by atoms with E-state index in [9.17, 15) is 0 Å². The molecule has 1 unspecified atom stereocenters. The van der Waals surface area contributed by atoms with Gasteiger partial charge in [0, 0.05) is 29.2 Å². The van der Waals surface area contributed by atoms with Crippen LogP contribution in [0.25, 0.3) is 11.3 Å². The van der Waals surface area contributed by atoms with Gasteiger partial charge in [-0.25, -0.2) is 9.98 Å². The number of aliphatic imine (C=N–C) groups is 1. The molecule has 5 heterocycles. The molecule has 2 aromatic rings. The summed E-state index contributed by atoms with van der Waals surface area (Å²) in [5, 5.41) is 4.10. The zero-order valence-corrected chi connectivity index (χ0v) is 17.1. The fraction of sp³-hybridized carbons (Fsp3) is 0.524. The Labute approximate surface area is 178 Å². The van der Waals surface area contributed by atoms with Crippen molar-refractivity contribution in [2.24, 2.45) is 10.9 Å². The number of hydrogen-bond donors (Lipinski definition) is 1. The third-order valence-corrected chi connectivity index (χ3v) is 7.22. The smallest absolute Gasteiger partial charge is 0.481 e. The molecule has 4 aliphatic heterocycles. The van der Waals surface area contributed by atoms with Gasteiger partial charge in [-0.1, -0.05) is 7.43 Å². The van der Waals surface area contributed by atoms with E-state index in [1.807, 2.05) is 24.3 Å². The van der Waals surface area contributed by atoms with E-state index in [0.717, 1.165) is 59.5 Å². The summed E-state index contributed by atoms with van der Waals surface area (Å²) in [4.78, 5) is 10.6. The number of fused-ring (bicyclic) bond motifs is 2. The Bertz CT molecular complexity index is 921. The summed E-state index contributed by atoms with van der Waals surface area (Å²) in [6, 6.07) is 8.54. The lowest BCUT2D eigenvalue weighted by atomic mass is 9.72. The van der Waals surface area contributed by atoms with E-state index in [-0.39, 0.29) is 13.0 Å². The molecular weight excluding hydrogens is 383 g/mol. The van der Waals surface area contributed by atoms with E-state index in [0.29, 0.717) is 22.9 Å². The minimum Gasteiger partial charge on any atom is -0.497 e. The first-order valence-corrected chi connectivity index (χ1v) is 10.6. The van der Waals surface area contributed by atoms with Crippen molar-refractivity contribution in [2.45, 2.75) is 32.8 Å². The highest BCUT2D eigenvalue weighted by Gasteiger charge is 2.57. The molecule has 1 aromatic heterocycles. The summed E-state index contributed by atoms with van der Waals surface area (Å²) in [6.45, 7) is 5.72. The summed E-state index contributed by atoms with van der Waals surface area (Å²) >= 11 is 1.61. The van der Waals surface area contributed by atoms with Gasteiger partial charge < -0.3 is 13.9 Å². The van der Waals surface area contributed by atoms with E-state index in [4.69, 9.17) is 22.4 Å². The second-order valence-corrected chi connectivity index (χ2v) is 9.37. The highest BCUT2D eigenvalue weighted by molar-refractivity contribution is 7.16. The minimum absolute atomic E-state index is 0. The van der Waals surface area contributed by atoms with Crippen molar-refractivity contribution in [3.63, 3.8) is 0 Å². The molecule has 1 N–H and O–H groups in total. The van der Waals surface area contributed by atoms with Crippen LogP contribution < -0.4 is 10.1 Å². The highest BCUT2D eigenvalue weighted by atomic mass is 32.1. The number of ether oxygens (including phenoxy) is 2. The third-order valence-electron chi connectivity index (χ3n) is 6.34. The van der Waals surface area contributed by atoms with Gasteiger partial charge in [0.15, 0.2) is 10.7 Å². The van der Waals surface area contributed by atoms with Crippen LogP contribution in [-0.2, 0) is 4.74 Å². The molecule has 152 valence electrons. The number of amidine groups is 1. The van der Waals surface area contributed by atoms with E-state index in [1.54, 1.807) is 18.4 Å². The molecule has 3 saturated heterocycles. The average Bonchev–Trinajstić information content (AvgIpc) is 3.25. The number of piperidine rings is 3. The van der Waals surface area contributed by atoms with Crippen LogP contribution in [0.3, 0.4) is 0 Å². The molecule has 3 fully saturated rings. The van der Waals surface area contributed by atoms with Crippen molar-refractivity contribution in [1.82, 2.24) is 4.98 Å². The summed E-state index contributed by atoms with van der Waals surface area (Å²) in [5.74, 6) is 1.39. The number of aryl methyl sites for hydroxylation is 1. The van der Waals surface area contributed by atoms with Crippen molar-refractivity contribution < 1.29 is 13.9 Å². The second kappa shape index (κ2) is 7.33. The van der Waals surface area contributed by atoms with Gasteiger partial charge in [-0.3, -0.25) is 5.32 Å². The summed E-state index contributed by atoms with van der Waals surface area (Å²) in [7, 11) is 8.19. The Morgan fingerprint density at radius 2 is 2.00 bits per heavy atom. The molecule has 29 heavy (non-hydrogen) atoms. The van der Waals surface area contributed by atoms with E-state index in [2.05, 4.69) is 17.2 Å². The fourth-order valence-electron chi connectivity index (χ4n) is 4.81. The van der Waals surface area contributed by atoms with Gasteiger partial charge in [0.05, 0.1) is 32.4 Å². The molecule has 0 aliphatic carbocycles. The Kier molecular flexibility index (Phi) is 5.11. The first-order chi connectivity index (χ1) is 13.5. The predicted molar refractivity (Wildman–Crippen MR) is 119 cm³/mol. The van der Waals surface area contributed by atoms with Crippen LogP contribution in [0, 0.1) is 12.8 Å². The fourth-order valence-corrected chi connectivity index (χ4v) is 5.63. The molecule has 1 aromatic carbocycles. The largest absolute Gasteiger partial charge is 0.497 e. The maximum Gasteiger partial charge on any atom is 0.481 e. The molecule has 2 bridgehead atoms. The van der Waals surface area contributed by atoms with Crippen LogP contribution in [0.5, 0.6) is 5.75 Å². The maximum absolute atomic E-state index is 6.52. The van der Waals surface area contributed by atoms with E-state index < -0.39 is 0 Å². The Balaban J connectivity index is 0.00000205. The number of benzene rings is 1. The number of anilines is 1. The Hall–Kier alpha value is -2.06. The lowest BCUT2D eigenvalue weighted by Gasteiger charge is -2.55. The van der Waals surface area contributed by atoms with Crippen molar-refractivity contribution in [3.05, 3.63) is 29.1 Å². The first kappa shape index (κ1) is 20.2. The van der Waals surface area contributed by atoms with Gasteiger partial charge in [-0.05, 0) is 31.2 Å². The normalized spacial score (nSPS) is 29.9. The van der Waals surface area contributed by atoms with Gasteiger partial charge >= 0.3 is 7.98 Å². The SMILES string of the molecule is C.[B][N+]12CCC(CC1)C1(CN=C(Nc3nc(-c4ccc(OC)cc4)c(C)s3)O1)C2. The van der Waals surface area contributed by atoms with Crippen LogP contribution in [0.1, 0.15) is 25.1 Å². The zero-order chi connectivity index (χ0) is 19.4. The second-order valence-electron chi connectivity index (χ2n) is 8.16. The number of nitrogens with zero attached hydrogens (tertiary/aromatic N) is 3. The van der Waals surface area contributed by atoms with Crippen molar-refractivity contribution in [2.75, 3.05) is 38.6 Å². The zero-order valence-electron chi connectivity index (χ0n) is 16.3. The molecule has 0 saturated carbocycles. The number of aromatic nitrogens is 1. The standard InChI is InChI=1S/C20H24BN4O2S.CH4/c1-13-17(14-3-5-16(26-2)6-4-14)23-19(28-13)24-18-22-11-20(27-18)12-25(21)9-7-15(20)8-10-25;/h3-6,15H,7-12H2,1-2H3,(H,22,23,24);1H4/q+1;. The van der Waals surface area contributed by atoms with Gasteiger partial charge in [-0.15, -0.1) is 11.3 Å². The van der Waals surface area contributed by atoms with Crippen molar-refractivity contribution >= 4 is 30.5 Å². The van der Waals surface area contributed by atoms with Gasteiger partial charge in [0.2, 0.25) is 0 Å². The summed E-state index contributed by atoms with van der Waals surface area (Å²) in [5.41, 5.74) is 1.80. The quantitative estimate of drug-likeness (QED) is 0.784. The lowest BCUT2D eigenvalue weighted by molar-refractivity contribution is -0.845. The minimum atomic E-state index is -0.237.